The maximum atomic E-state index is 5.60. The van der Waals surface area contributed by atoms with Gasteiger partial charge in [-0.15, -0.1) is 0 Å². The zero-order valence-corrected chi connectivity index (χ0v) is 11.1. The van der Waals surface area contributed by atoms with Crippen LogP contribution < -0.4 is 10.2 Å². The Hall–Kier alpha value is -1.81. The van der Waals surface area contributed by atoms with Gasteiger partial charge in [0.15, 0.2) is 0 Å². The Morgan fingerprint density at radius 3 is 2.83 bits per heavy atom. The van der Waals surface area contributed by atoms with Crippen LogP contribution in [0.5, 0.6) is 0 Å². The minimum Gasteiger partial charge on any atom is -0.464 e. The third-order valence-electron chi connectivity index (χ3n) is 2.86. The van der Waals surface area contributed by atoms with Crippen molar-refractivity contribution in [3.63, 3.8) is 0 Å². The zero-order valence-electron chi connectivity index (χ0n) is 11.1. The predicted octanol–water partition coefficient (Wildman–Crippen LogP) is 2.34. The first-order valence-electron chi connectivity index (χ1n) is 6.04. The standard InChI is InChI=1S/C14H19N3O/c1-11-4-5-13(18-11)10-17(3)14-9-16-7-6-12(14)8-15-2/h4-7,9,15H,8,10H2,1-3H3. The van der Waals surface area contributed by atoms with Crippen molar-refractivity contribution in [3.8, 4) is 0 Å². The third kappa shape index (κ3) is 2.90. The number of pyridine rings is 1. The number of aryl methyl sites for hydroxylation is 1. The highest BCUT2D eigenvalue weighted by atomic mass is 16.3. The Morgan fingerprint density at radius 2 is 2.17 bits per heavy atom. The molecule has 0 bridgehead atoms. The molecule has 2 rings (SSSR count). The number of rotatable bonds is 5. The molecule has 0 aliphatic carbocycles. The minimum atomic E-state index is 0.746. The average Bonchev–Trinajstić information content (AvgIpc) is 2.76. The quantitative estimate of drug-likeness (QED) is 0.878. The van der Waals surface area contributed by atoms with Crippen molar-refractivity contribution in [2.24, 2.45) is 0 Å². The van der Waals surface area contributed by atoms with Crippen molar-refractivity contribution < 1.29 is 4.42 Å². The fourth-order valence-corrected chi connectivity index (χ4v) is 1.99. The van der Waals surface area contributed by atoms with Crippen LogP contribution in [0.15, 0.2) is 35.0 Å². The number of aromatic nitrogens is 1. The van der Waals surface area contributed by atoms with Gasteiger partial charge in [-0.25, -0.2) is 0 Å². The number of hydrogen-bond donors (Lipinski definition) is 1. The van der Waals surface area contributed by atoms with E-state index in [1.54, 1.807) is 0 Å². The summed E-state index contributed by atoms with van der Waals surface area (Å²) in [7, 11) is 3.99. The van der Waals surface area contributed by atoms with E-state index in [2.05, 4.69) is 15.2 Å². The zero-order chi connectivity index (χ0) is 13.0. The van der Waals surface area contributed by atoms with Crippen molar-refractivity contribution in [2.75, 3.05) is 19.0 Å². The Morgan fingerprint density at radius 1 is 1.33 bits per heavy atom. The molecule has 0 saturated heterocycles. The van der Waals surface area contributed by atoms with Gasteiger partial charge in [0.2, 0.25) is 0 Å². The minimum absolute atomic E-state index is 0.746. The van der Waals surface area contributed by atoms with E-state index >= 15 is 0 Å². The summed E-state index contributed by atoms with van der Waals surface area (Å²) in [4.78, 5) is 6.35. The lowest BCUT2D eigenvalue weighted by Crippen LogP contribution is -2.19. The highest BCUT2D eigenvalue weighted by Gasteiger charge is 2.09. The van der Waals surface area contributed by atoms with E-state index in [1.807, 2.05) is 51.6 Å². The molecule has 18 heavy (non-hydrogen) atoms. The molecule has 0 spiro atoms. The van der Waals surface area contributed by atoms with Gasteiger partial charge in [-0.2, -0.15) is 0 Å². The molecule has 0 aromatic carbocycles. The topological polar surface area (TPSA) is 41.3 Å². The Balaban J connectivity index is 2.15. The van der Waals surface area contributed by atoms with Crippen LogP contribution in [-0.4, -0.2) is 19.1 Å². The van der Waals surface area contributed by atoms with Gasteiger partial charge in [0.25, 0.3) is 0 Å². The molecular weight excluding hydrogens is 226 g/mol. The second-order valence-electron chi connectivity index (χ2n) is 4.40. The summed E-state index contributed by atoms with van der Waals surface area (Å²) in [6, 6.07) is 6.04. The summed E-state index contributed by atoms with van der Waals surface area (Å²) in [5.41, 5.74) is 2.36. The largest absolute Gasteiger partial charge is 0.464 e. The van der Waals surface area contributed by atoms with E-state index < -0.39 is 0 Å². The van der Waals surface area contributed by atoms with Crippen LogP contribution in [0.2, 0.25) is 0 Å². The van der Waals surface area contributed by atoms with Crippen LogP contribution in [-0.2, 0) is 13.1 Å². The smallest absolute Gasteiger partial charge is 0.123 e. The van der Waals surface area contributed by atoms with E-state index in [1.165, 1.54) is 5.56 Å². The predicted molar refractivity (Wildman–Crippen MR) is 72.6 cm³/mol. The van der Waals surface area contributed by atoms with Gasteiger partial charge in [0, 0.05) is 19.8 Å². The summed E-state index contributed by atoms with van der Waals surface area (Å²) in [6.07, 6.45) is 3.71. The molecular formula is C14H19N3O. The number of hydrogen-bond acceptors (Lipinski definition) is 4. The molecule has 0 radical (unpaired) electrons. The summed E-state index contributed by atoms with van der Waals surface area (Å²) in [5, 5.41) is 3.17. The summed E-state index contributed by atoms with van der Waals surface area (Å²) < 4.78 is 5.60. The van der Waals surface area contributed by atoms with E-state index in [-0.39, 0.29) is 0 Å². The Bertz CT molecular complexity index is 507. The van der Waals surface area contributed by atoms with Gasteiger partial charge in [0.1, 0.15) is 11.5 Å². The fraction of sp³-hybridized carbons (Fsp3) is 0.357. The van der Waals surface area contributed by atoms with Crippen LogP contribution in [0.25, 0.3) is 0 Å². The first kappa shape index (κ1) is 12.6. The van der Waals surface area contributed by atoms with Crippen LogP contribution in [0, 0.1) is 6.92 Å². The lowest BCUT2D eigenvalue weighted by Gasteiger charge is -2.20. The van der Waals surface area contributed by atoms with Crippen molar-refractivity contribution in [2.45, 2.75) is 20.0 Å². The average molecular weight is 245 g/mol. The third-order valence-corrected chi connectivity index (χ3v) is 2.86. The molecule has 1 N–H and O–H groups in total. The number of nitrogens with one attached hydrogen (secondary N) is 1. The lowest BCUT2D eigenvalue weighted by molar-refractivity contribution is 0.481. The Labute approximate surface area is 108 Å². The maximum absolute atomic E-state index is 5.60. The molecule has 0 fully saturated rings. The molecule has 2 heterocycles. The summed E-state index contributed by atoms with van der Waals surface area (Å²) >= 11 is 0. The molecule has 0 unspecified atom stereocenters. The second-order valence-corrected chi connectivity index (χ2v) is 4.40. The molecule has 0 aliphatic heterocycles. The molecule has 4 heteroatoms. The van der Waals surface area contributed by atoms with Crippen molar-refractivity contribution in [3.05, 3.63) is 47.7 Å². The SMILES string of the molecule is CNCc1ccncc1N(C)Cc1ccc(C)o1. The van der Waals surface area contributed by atoms with Crippen LogP contribution in [0.3, 0.4) is 0 Å². The maximum Gasteiger partial charge on any atom is 0.123 e. The van der Waals surface area contributed by atoms with Gasteiger partial charge in [0.05, 0.1) is 18.4 Å². The molecule has 2 aromatic heterocycles. The van der Waals surface area contributed by atoms with Gasteiger partial charge >= 0.3 is 0 Å². The highest BCUT2D eigenvalue weighted by molar-refractivity contribution is 5.51. The fourth-order valence-electron chi connectivity index (χ4n) is 1.99. The lowest BCUT2D eigenvalue weighted by atomic mass is 10.2. The monoisotopic (exact) mass is 245 g/mol. The van der Waals surface area contributed by atoms with E-state index in [9.17, 15) is 0 Å². The first-order valence-corrected chi connectivity index (χ1v) is 6.04. The molecule has 0 saturated carbocycles. The van der Waals surface area contributed by atoms with Crippen LogP contribution in [0.1, 0.15) is 17.1 Å². The number of anilines is 1. The van der Waals surface area contributed by atoms with Gasteiger partial charge in [-0.1, -0.05) is 0 Å². The van der Waals surface area contributed by atoms with Crippen molar-refractivity contribution in [1.82, 2.24) is 10.3 Å². The van der Waals surface area contributed by atoms with E-state index in [0.29, 0.717) is 0 Å². The molecule has 96 valence electrons. The molecule has 0 aliphatic rings. The number of nitrogens with zero attached hydrogens (tertiary/aromatic N) is 2. The molecule has 0 amide bonds. The normalized spacial score (nSPS) is 10.6. The Kier molecular flexibility index (Phi) is 3.99. The van der Waals surface area contributed by atoms with E-state index in [4.69, 9.17) is 4.42 Å². The van der Waals surface area contributed by atoms with Crippen molar-refractivity contribution in [1.29, 1.82) is 0 Å². The second kappa shape index (κ2) is 5.69. The van der Waals surface area contributed by atoms with E-state index in [0.717, 1.165) is 30.3 Å². The van der Waals surface area contributed by atoms with Gasteiger partial charge < -0.3 is 14.6 Å². The summed E-state index contributed by atoms with van der Waals surface area (Å²) in [6.45, 7) is 3.54. The molecule has 0 atom stereocenters. The van der Waals surface area contributed by atoms with Gasteiger partial charge in [-0.3, -0.25) is 4.98 Å². The van der Waals surface area contributed by atoms with Gasteiger partial charge in [-0.05, 0) is 37.7 Å². The van der Waals surface area contributed by atoms with Crippen molar-refractivity contribution >= 4 is 5.69 Å². The first-order chi connectivity index (χ1) is 8.70. The highest BCUT2D eigenvalue weighted by Crippen LogP contribution is 2.20. The number of furan rings is 1. The van der Waals surface area contributed by atoms with Crippen LogP contribution >= 0.6 is 0 Å². The molecule has 2 aromatic rings. The van der Waals surface area contributed by atoms with Crippen LogP contribution in [0.4, 0.5) is 5.69 Å². The summed E-state index contributed by atoms with van der Waals surface area (Å²) in [5.74, 6) is 1.91. The molecule has 4 nitrogen and oxygen atoms in total.